The van der Waals surface area contributed by atoms with E-state index >= 15 is 0 Å². The van der Waals surface area contributed by atoms with Crippen LogP contribution in [0.4, 0.5) is 10.5 Å². The lowest BCUT2D eigenvalue weighted by molar-refractivity contribution is -0.139. The van der Waals surface area contributed by atoms with Crippen molar-refractivity contribution in [3.8, 4) is 0 Å². The second kappa shape index (κ2) is 10.3. The maximum absolute atomic E-state index is 12.9. The molecular weight excluding hydrogens is 382 g/mol. The number of nitrogens with one attached hydrogen (secondary N) is 1. The molecule has 1 fully saturated rings. The minimum Gasteiger partial charge on any atom is -0.450 e. The molecule has 0 saturated carbocycles. The number of hydrogen-bond acceptors (Lipinski definition) is 4. The summed E-state index contributed by atoms with van der Waals surface area (Å²) in [5, 5.41) is 3.35. The first kappa shape index (κ1) is 22.0. The molecule has 3 amide bonds. The van der Waals surface area contributed by atoms with Gasteiger partial charge in [0.1, 0.15) is 0 Å². The van der Waals surface area contributed by atoms with Crippen LogP contribution in [-0.4, -0.2) is 60.5 Å². The molecule has 154 valence electrons. The van der Waals surface area contributed by atoms with Crippen molar-refractivity contribution in [3.05, 3.63) is 28.8 Å². The molecular formula is C20H28ClN3O4. The molecule has 0 radical (unpaired) electrons. The first-order valence-electron chi connectivity index (χ1n) is 9.62. The molecule has 8 heteroatoms. The average Bonchev–Trinajstić information content (AvgIpc) is 2.68. The third-order valence-electron chi connectivity index (χ3n) is 4.80. The van der Waals surface area contributed by atoms with Gasteiger partial charge in [-0.15, -0.1) is 0 Å². The Labute approximate surface area is 171 Å². The summed E-state index contributed by atoms with van der Waals surface area (Å²) < 4.78 is 5.04. The summed E-state index contributed by atoms with van der Waals surface area (Å²) in [7, 11) is 0. The highest BCUT2D eigenvalue weighted by atomic mass is 35.5. The topological polar surface area (TPSA) is 79.0 Å². The molecule has 2 rings (SSSR count). The van der Waals surface area contributed by atoms with Gasteiger partial charge in [0.2, 0.25) is 11.8 Å². The molecule has 7 nitrogen and oxygen atoms in total. The lowest BCUT2D eigenvalue weighted by atomic mass is 9.96. The van der Waals surface area contributed by atoms with Gasteiger partial charge in [-0.1, -0.05) is 17.7 Å². The Hall–Kier alpha value is -2.28. The highest BCUT2D eigenvalue weighted by molar-refractivity contribution is 6.31. The van der Waals surface area contributed by atoms with E-state index in [1.54, 1.807) is 24.0 Å². The minimum absolute atomic E-state index is 0.0445. The summed E-state index contributed by atoms with van der Waals surface area (Å²) in [6.45, 7) is 7.05. The summed E-state index contributed by atoms with van der Waals surface area (Å²) >= 11 is 5.99. The second-order valence-corrected chi connectivity index (χ2v) is 7.28. The fourth-order valence-electron chi connectivity index (χ4n) is 3.26. The third kappa shape index (κ3) is 5.86. The quantitative estimate of drug-likeness (QED) is 0.781. The van der Waals surface area contributed by atoms with E-state index < -0.39 is 6.09 Å². The van der Waals surface area contributed by atoms with Crippen molar-refractivity contribution in [2.24, 2.45) is 5.92 Å². The summed E-state index contributed by atoms with van der Waals surface area (Å²) in [4.78, 5) is 40.4. The molecule has 1 aromatic rings. The number of likely N-dealkylation sites (tertiary alicyclic amines) is 1. The number of carbonyl (C=O) groups is 3. The van der Waals surface area contributed by atoms with Gasteiger partial charge in [0.05, 0.1) is 19.1 Å². The zero-order valence-corrected chi connectivity index (χ0v) is 17.4. The van der Waals surface area contributed by atoms with Crippen LogP contribution in [0.3, 0.4) is 0 Å². The van der Waals surface area contributed by atoms with Crippen LogP contribution in [-0.2, 0) is 14.3 Å². The molecule has 1 atom stereocenters. The van der Waals surface area contributed by atoms with E-state index in [0.717, 1.165) is 12.0 Å². The van der Waals surface area contributed by atoms with Crippen molar-refractivity contribution < 1.29 is 19.1 Å². The zero-order valence-electron chi connectivity index (χ0n) is 16.7. The van der Waals surface area contributed by atoms with Gasteiger partial charge in [-0.25, -0.2) is 4.79 Å². The monoisotopic (exact) mass is 409 g/mol. The molecule has 1 N–H and O–H groups in total. The number of nitrogens with zero attached hydrogens (tertiary/aromatic N) is 2. The van der Waals surface area contributed by atoms with Crippen molar-refractivity contribution in [1.82, 2.24) is 9.80 Å². The van der Waals surface area contributed by atoms with Crippen molar-refractivity contribution in [1.29, 1.82) is 0 Å². The Balaban J connectivity index is 1.97. The number of halogens is 1. The Morgan fingerprint density at radius 1 is 1.32 bits per heavy atom. The van der Waals surface area contributed by atoms with Gasteiger partial charge >= 0.3 is 6.09 Å². The molecule has 1 aliphatic rings. The summed E-state index contributed by atoms with van der Waals surface area (Å²) in [5.74, 6) is -0.716. The fourth-order valence-corrected chi connectivity index (χ4v) is 3.43. The van der Waals surface area contributed by atoms with E-state index in [1.807, 2.05) is 19.9 Å². The van der Waals surface area contributed by atoms with Crippen LogP contribution in [0.5, 0.6) is 0 Å². The molecule has 0 aliphatic carbocycles. The number of benzene rings is 1. The van der Waals surface area contributed by atoms with Crippen LogP contribution in [0, 0.1) is 12.8 Å². The number of hydrogen-bond donors (Lipinski definition) is 1. The Morgan fingerprint density at radius 3 is 2.75 bits per heavy atom. The number of piperidine rings is 1. The Morgan fingerprint density at radius 2 is 2.07 bits per heavy atom. The molecule has 0 bridgehead atoms. The summed E-state index contributed by atoms with van der Waals surface area (Å²) in [6, 6.07) is 5.27. The van der Waals surface area contributed by atoms with Gasteiger partial charge < -0.3 is 19.9 Å². The first-order valence-corrected chi connectivity index (χ1v) is 10.00. The number of amides is 3. The van der Waals surface area contributed by atoms with Gasteiger partial charge in [-0.2, -0.15) is 0 Å². The molecule has 0 spiro atoms. The smallest absolute Gasteiger partial charge is 0.409 e. The molecule has 1 aliphatic heterocycles. The molecule has 0 aromatic heterocycles. The fraction of sp³-hybridized carbons (Fsp3) is 0.550. The summed E-state index contributed by atoms with van der Waals surface area (Å²) in [6.07, 6.45) is 1.04. The zero-order chi connectivity index (χ0) is 20.7. The number of anilines is 1. The number of carbonyl (C=O) groups excluding carboxylic acids is 3. The molecule has 1 saturated heterocycles. The molecule has 1 heterocycles. The predicted octanol–water partition coefficient (Wildman–Crippen LogP) is 3.30. The highest BCUT2D eigenvalue weighted by Crippen LogP contribution is 2.21. The van der Waals surface area contributed by atoms with Crippen molar-refractivity contribution in [3.63, 3.8) is 0 Å². The van der Waals surface area contributed by atoms with Crippen molar-refractivity contribution in [2.45, 2.75) is 33.6 Å². The van der Waals surface area contributed by atoms with E-state index in [-0.39, 0.29) is 24.3 Å². The van der Waals surface area contributed by atoms with Crippen LogP contribution in [0.1, 0.15) is 32.3 Å². The lowest BCUT2D eigenvalue weighted by Gasteiger charge is -2.34. The lowest BCUT2D eigenvalue weighted by Crippen LogP contribution is -2.48. The number of likely N-dealkylation sites (N-methyl/N-ethyl adjacent to an activating group) is 1. The third-order valence-corrected chi connectivity index (χ3v) is 5.03. The van der Waals surface area contributed by atoms with E-state index in [0.29, 0.717) is 43.4 Å². The van der Waals surface area contributed by atoms with Crippen molar-refractivity contribution in [2.75, 3.05) is 38.1 Å². The molecule has 0 unspecified atom stereocenters. The molecule has 28 heavy (non-hydrogen) atoms. The second-order valence-electron chi connectivity index (χ2n) is 6.84. The van der Waals surface area contributed by atoms with E-state index in [4.69, 9.17) is 16.3 Å². The number of rotatable bonds is 6. The highest BCUT2D eigenvalue weighted by Gasteiger charge is 2.32. The number of aryl methyl sites for hydroxylation is 1. The van der Waals surface area contributed by atoms with Crippen LogP contribution >= 0.6 is 11.6 Å². The maximum Gasteiger partial charge on any atom is 0.409 e. The van der Waals surface area contributed by atoms with Gasteiger partial charge in [-0.3, -0.25) is 9.59 Å². The van der Waals surface area contributed by atoms with Crippen LogP contribution in [0.25, 0.3) is 0 Å². The minimum atomic E-state index is -0.391. The number of ether oxygens (including phenoxy) is 1. The van der Waals surface area contributed by atoms with Gasteiger partial charge in [0, 0.05) is 30.3 Å². The van der Waals surface area contributed by atoms with E-state index in [1.165, 1.54) is 4.90 Å². The van der Waals surface area contributed by atoms with Crippen LogP contribution in [0.15, 0.2) is 18.2 Å². The van der Waals surface area contributed by atoms with Gasteiger partial charge in [0.15, 0.2) is 0 Å². The Kier molecular flexibility index (Phi) is 8.11. The van der Waals surface area contributed by atoms with E-state index in [2.05, 4.69) is 5.32 Å². The largest absolute Gasteiger partial charge is 0.450 e. The molecule has 1 aromatic carbocycles. The van der Waals surface area contributed by atoms with Gasteiger partial charge in [0.25, 0.3) is 0 Å². The van der Waals surface area contributed by atoms with Crippen LogP contribution in [0.2, 0.25) is 5.02 Å². The normalized spacial score (nSPS) is 16.4. The predicted molar refractivity (Wildman–Crippen MR) is 108 cm³/mol. The van der Waals surface area contributed by atoms with E-state index in [9.17, 15) is 14.4 Å². The van der Waals surface area contributed by atoms with Crippen LogP contribution < -0.4 is 5.32 Å². The SMILES string of the molecule is CCOC(=O)N1CCC[C@H](C(=O)N(CC)CC(=O)Nc2cc(Cl)ccc2C)C1. The van der Waals surface area contributed by atoms with Gasteiger partial charge in [-0.05, 0) is 51.3 Å². The Bertz CT molecular complexity index is 725. The van der Waals surface area contributed by atoms with Crippen molar-refractivity contribution >= 4 is 35.2 Å². The summed E-state index contributed by atoms with van der Waals surface area (Å²) in [5.41, 5.74) is 1.52. The first-order chi connectivity index (χ1) is 13.3. The standard InChI is InChI=1S/C20H28ClN3O4/c1-4-23(13-18(25)22-17-11-16(21)9-8-14(17)3)19(26)15-7-6-10-24(12-15)20(27)28-5-2/h8-9,11,15H,4-7,10,12-13H2,1-3H3,(H,22,25)/t15-/m0/s1. The average molecular weight is 410 g/mol. The maximum atomic E-state index is 12.9.